The molecule has 1 aliphatic rings. The minimum absolute atomic E-state index is 0.140. The fourth-order valence-corrected chi connectivity index (χ4v) is 2.75. The second-order valence-corrected chi connectivity index (χ2v) is 5.54. The van der Waals surface area contributed by atoms with E-state index in [2.05, 4.69) is 4.98 Å². The molecule has 8 heteroatoms. The van der Waals surface area contributed by atoms with Gasteiger partial charge in [-0.25, -0.2) is 4.98 Å². The Morgan fingerprint density at radius 2 is 2.26 bits per heavy atom. The Balaban J connectivity index is 1.98. The van der Waals surface area contributed by atoms with Gasteiger partial charge in [0.2, 0.25) is 5.78 Å². The highest BCUT2D eigenvalue weighted by Crippen LogP contribution is 2.32. The van der Waals surface area contributed by atoms with Gasteiger partial charge in [0.15, 0.2) is 5.82 Å². The van der Waals surface area contributed by atoms with E-state index in [1.54, 1.807) is 34.8 Å². The first-order chi connectivity index (χ1) is 11.0. The van der Waals surface area contributed by atoms with Crippen molar-refractivity contribution >= 4 is 17.2 Å². The van der Waals surface area contributed by atoms with Gasteiger partial charge in [-0.05, 0) is 18.6 Å². The third-order valence-electron chi connectivity index (χ3n) is 3.96. The molecule has 0 bridgehead atoms. The van der Waals surface area contributed by atoms with Gasteiger partial charge in [-0.1, -0.05) is 0 Å². The number of aliphatic hydroxyl groups is 1. The van der Waals surface area contributed by atoms with Crippen LogP contribution >= 0.6 is 0 Å². The topological polar surface area (TPSA) is 102 Å². The fourth-order valence-electron chi connectivity index (χ4n) is 2.75. The molecule has 0 amide bonds. The molecule has 8 nitrogen and oxygen atoms in total. The molecule has 1 N–H and O–H groups in total. The number of anilines is 1. The van der Waals surface area contributed by atoms with E-state index in [-0.39, 0.29) is 22.9 Å². The summed E-state index contributed by atoms with van der Waals surface area (Å²) >= 11 is 0. The molecule has 0 radical (unpaired) electrons. The molecule has 1 aliphatic heterocycles. The Hall–Kier alpha value is -2.74. The number of rotatable bonds is 4. The number of carbonyl (C=O) groups excluding carboxylic acids is 1. The Morgan fingerprint density at radius 1 is 1.48 bits per heavy atom. The molecule has 0 unspecified atom stereocenters. The van der Waals surface area contributed by atoms with Crippen LogP contribution in [0.5, 0.6) is 0 Å². The maximum atomic E-state index is 12.4. The summed E-state index contributed by atoms with van der Waals surface area (Å²) in [5.41, 5.74) is 0.497. The van der Waals surface area contributed by atoms with Crippen LogP contribution in [0.25, 0.3) is 0 Å². The monoisotopic (exact) mass is 316 g/mol. The van der Waals surface area contributed by atoms with E-state index in [1.807, 2.05) is 0 Å². The Bertz CT molecular complexity index is 771. The highest BCUT2D eigenvalue weighted by atomic mass is 16.6. The summed E-state index contributed by atoms with van der Waals surface area (Å²) in [6.45, 7) is 0.905. The highest BCUT2D eigenvalue weighted by molar-refractivity contribution is 6.07. The molecular formula is C15H16N4O4. The number of hydrogen-bond donors (Lipinski definition) is 1. The van der Waals surface area contributed by atoms with Crippen molar-refractivity contribution < 1.29 is 14.8 Å². The molecular weight excluding hydrogens is 300 g/mol. The average Bonchev–Trinajstić information content (AvgIpc) is 3.14. The van der Waals surface area contributed by atoms with Crippen LogP contribution in [0, 0.1) is 10.1 Å². The second-order valence-electron chi connectivity index (χ2n) is 5.54. The lowest BCUT2D eigenvalue weighted by Crippen LogP contribution is -2.22. The Labute approximate surface area is 132 Å². The van der Waals surface area contributed by atoms with Crippen LogP contribution in [0.3, 0.4) is 0 Å². The van der Waals surface area contributed by atoms with Gasteiger partial charge in [-0.3, -0.25) is 14.9 Å². The molecule has 1 fully saturated rings. The molecule has 2 heterocycles. The fraction of sp³-hybridized carbons (Fsp3) is 0.333. The highest BCUT2D eigenvalue weighted by Gasteiger charge is 2.28. The van der Waals surface area contributed by atoms with Crippen LogP contribution in [0.4, 0.5) is 11.4 Å². The van der Waals surface area contributed by atoms with Crippen molar-refractivity contribution in [2.24, 2.45) is 7.05 Å². The first-order valence-electron chi connectivity index (χ1n) is 7.21. The molecule has 1 aromatic carbocycles. The zero-order chi connectivity index (χ0) is 16.6. The summed E-state index contributed by atoms with van der Waals surface area (Å²) in [4.78, 5) is 29.0. The number of aryl methyl sites for hydroxylation is 1. The zero-order valence-electron chi connectivity index (χ0n) is 12.5. The Kier molecular flexibility index (Phi) is 3.83. The van der Waals surface area contributed by atoms with Gasteiger partial charge < -0.3 is 14.6 Å². The number of aliphatic hydroxyl groups excluding tert-OH is 1. The van der Waals surface area contributed by atoms with Gasteiger partial charge >= 0.3 is 0 Å². The Morgan fingerprint density at radius 3 is 2.83 bits per heavy atom. The predicted molar refractivity (Wildman–Crippen MR) is 82.6 cm³/mol. The first kappa shape index (κ1) is 15.2. The number of imidazole rings is 1. The summed E-state index contributed by atoms with van der Waals surface area (Å²) in [7, 11) is 1.69. The molecule has 0 saturated carbocycles. The molecule has 23 heavy (non-hydrogen) atoms. The molecule has 0 aliphatic carbocycles. The van der Waals surface area contributed by atoms with Gasteiger partial charge in [0.1, 0.15) is 5.69 Å². The van der Waals surface area contributed by atoms with Crippen molar-refractivity contribution in [1.82, 2.24) is 9.55 Å². The minimum Gasteiger partial charge on any atom is -0.391 e. The molecule has 2 aromatic rings. The van der Waals surface area contributed by atoms with Crippen molar-refractivity contribution in [3.05, 3.63) is 52.1 Å². The van der Waals surface area contributed by atoms with Crippen molar-refractivity contribution in [2.75, 3.05) is 18.0 Å². The quantitative estimate of drug-likeness (QED) is 0.515. The predicted octanol–water partition coefficient (Wildman–Crippen LogP) is 1.13. The molecule has 1 saturated heterocycles. The second kappa shape index (κ2) is 5.81. The van der Waals surface area contributed by atoms with Crippen LogP contribution < -0.4 is 4.90 Å². The van der Waals surface area contributed by atoms with E-state index in [0.717, 1.165) is 0 Å². The zero-order valence-corrected chi connectivity index (χ0v) is 12.5. The normalized spacial score (nSPS) is 17.5. The van der Waals surface area contributed by atoms with Crippen LogP contribution in [0.1, 0.15) is 22.6 Å². The number of ketones is 1. The molecule has 120 valence electrons. The van der Waals surface area contributed by atoms with E-state index >= 15 is 0 Å². The number of nitro benzene ring substituents is 1. The standard InChI is InChI=1S/C15H16N4O4/c1-17-7-5-16-15(17)14(21)10-2-3-12(13(8-10)19(22)23)18-6-4-11(20)9-18/h2-3,5,7-8,11,20H,4,6,9H2,1H3/t11-/m1/s1. The van der Waals surface area contributed by atoms with Crippen LogP contribution in [-0.2, 0) is 7.05 Å². The third kappa shape index (κ3) is 2.80. The van der Waals surface area contributed by atoms with Gasteiger partial charge in [0.05, 0.1) is 11.0 Å². The van der Waals surface area contributed by atoms with Crippen molar-refractivity contribution in [1.29, 1.82) is 0 Å². The van der Waals surface area contributed by atoms with E-state index in [4.69, 9.17) is 0 Å². The van der Waals surface area contributed by atoms with E-state index < -0.39 is 11.0 Å². The minimum atomic E-state index is -0.505. The maximum Gasteiger partial charge on any atom is 0.293 e. The van der Waals surface area contributed by atoms with Crippen molar-refractivity contribution in [3.63, 3.8) is 0 Å². The van der Waals surface area contributed by atoms with Gasteiger partial charge in [-0.15, -0.1) is 0 Å². The SMILES string of the molecule is Cn1ccnc1C(=O)c1ccc(N2CC[C@@H](O)C2)c([N+](=O)[O-])c1. The van der Waals surface area contributed by atoms with Crippen LogP contribution in [0.15, 0.2) is 30.6 Å². The van der Waals surface area contributed by atoms with Gasteiger partial charge in [-0.2, -0.15) is 0 Å². The average molecular weight is 316 g/mol. The number of benzene rings is 1. The maximum absolute atomic E-state index is 12.4. The third-order valence-corrected chi connectivity index (χ3v) is 3.96. The summed E-state index contributed by atoms with van der Waals surface area (Å²) in [6.07, 6.45) is 3.23. The molecule has 1 atom stereocenters. The summed E-state index contributed by atoms with van der Waals surface area (Å²) < 4.78 is 1.57. The number of nitro groups is 1. The molecule has 0 spiro atoms. The first-order valence-corrected chi connectivity index (χ1v) is 7.21. The number of carbonyl (C=O) groups is 1. The number of β-amino-alcohol motifs (C(OH)–C–C–N with tert-alkyl or cyclic N) is 1. The van der Waals surface area contributed by atoms with Crippen LogP contribution in [0.2, 0.25) is 0 Å². The van der Waals surface area contributed by atoms with Crippen LogP contribution in [-0.4, -0.2) is 44.6 Å². The van der Waals surface area contributed by atoms with Gasteiger partial charge in [0.25, 0.3) is 5.69 Å². The lowest BCUT2D eigenvalue weighted by Gasteiger charge is -2.18. The van der Waals surface area contributed by atoms with Gasteiger partial charge in [0, 0.05) is 44.2 Å². The number of hydrogen-bond acceptors (Lipinski definition) is 6. The smallest absolute Gasteiger partial charge is 0.293 e. The lowest BCUT2D eigenvalue weighted by atomic mass is 10.1. The summed E-state index contributed by atoms with van der Waals surface area (Å²) in [5.74, 6) is -0.141. The molecule has 3 rings (SSSR count). The molecule has 1 aromatic heterocycles. The number of nitrogens with zero attached hydrogens (tertiary/aromatic N) is 4. The van der Waals surface area contributed by atoms with Crippen molar-refractivity contribution in [3.8, 4) is 0 Å². The van der Waals surface area contributed by atoms with E-state index in [0.29, 0.717) is 25.2 Å². The number of aromatic nitrogens is 2. The summed E-state index contributed by atoms with van der Waals surface area (Å²) in [5, 5.41) is 21.0. The largest absolute Gasteiger partial charge is 0.391 e. The lowest BCUT2D eigenvalue weighted by molar-refractivity contribution is -0.384. The van der Waals surface area contributed by atoms with E-state index in [1.165, 1.54) is 12.3 Å². The van der Waals surface area contributed by atoms with E-state index in [9.17, 15) is 20.0 Å². The summed E-state index contributed by atoms with van der Waals surface area (Å²) in [6, 6.07) is 4.40. The van der Waals surface area contributed by atoms with Crippen molar-refractivity contribution in [2.45, 2.75) is 12.5 Å².